The second kappa shape index (κ2) is 8.45. The number of rotatable bonds is 6. The number of ether oxygens (including phenoxy) is 1. The summed E-state index contributed by atoms with van der Waals surface area (Å²) in [6.07, 6.45) is 0.0674. The van der Waals surface area contributed by atoms with Gasteiger partial charge in [-0.3, -0.25) is 9.59 Å². The third-order valence-corrected chi connectivity index (χ3v) is 5.28. The zero-order valence-electron chi connectivity index (χ0n) is 14.2. The highest BCUT2D eigenvalue weighted by molar-refractivity contribution is 9.10. The molecule has 0 bridgehead atoms. The number of halogens is 2. The maximum absolute atomic E-state index is 13.3. The molecule has 2 aromatic carbocycles. The van der Waals surface area contributed by atoms with Crippen LogP contribution in [0.2, 0.25) is 0 Å². The number of anilines is 1. The van der Waals surface area contributed by atoms with Crippen molar-refractivity contribution in [3.05, 3.63) is 52.3 Å². The van der Waals surface area contributed by atoms with Crippen molar-refractivity contribution >= 4 is 54.4 Å². The maximum atomic E-state index is 13.3. The minimum Gasteiger partial charge on any atom is -0.497 e. The van der Waals surface area contributed by atoms with Gasteiger partial charge in [0.05, 0.1) is 22.9 Å². The Kier molecular flexibility index (Phi) is 6.02. The number of aromatic nitrogens is 1. The molecule has 0 fully saturated rings. The van der Waals surface area contributed by atoms with Gasteiger partial charge in [-0.05, 0) is 52.3 Å². The lowest BCUT2D eigenvalue weighted by Crippen LogP contribution is -2.28. The lowest BCUT2D eigenvalue weighted by atomic mass is 10.2. The molecule has 0 spiro atoms. The molecular formula is C18H15BrFN3O3S. The van der Waals surface area contributed by atoms with E-state index in [0.29, 0.717) is 9.60 Å². The highest BCUT2D eigenvalue weighted by Crippen LogP contribution is 2.29. The first kappa shape index (κ1) is 19.2. The molecule has 140 valence electrons. The van der Waals surface area contributed by atoms with E-state index < -0.39 is 11.7 Å². The van der Waals surface area contributed by atoms with Crippen molar-refractivity contribution in [3.8, 4) is 5.75 Å². The Balaban J connectivity index is 1.54. The number of methoxy groups -OCH3 is 1. The first-order valence-electron chi connectivity index (χ1n) is 7.94. The van der Waals surface area contributed by atoms with E-state index in [0.717, 1.165) is 22.0 Å². The summed E-state index contributed by atoms with van der Waals surface area (Å²) in [4.78, 5) is 28.5. The number of hydrogen-bond donors (Lipinski definition) is 2. The Bertz CT molecular complexity index is 1010. The van der Waals surface area contributed by atoms with Gasteiger partial charge < -0.3 is 15.4 Å². The highest BCUT2D eigenvalue weighted by atomic mass is 79.9. The maximum Gasteiger partial charge on any atom is 0.252 e. The van der Waals surface area contributed by atoms with Crippen LogP contribution in [-0.2, 0) is 4.79 Å². The van der Waals surface area contributed by atoms with Crippen molar-refractivity contribution in [3.63, 3.8) is 0 Å². The summed E-state index contributed by atoms with van der Waals surface area (Å²) in [5, 5.41) is 5.78. The van der Waals surface area contributed by atoms with Crippen LogP contribution in [0.5, 0.6) is 5.75 Å². The first-order valence-corrected chi connectivity index (χ1v) is 9.55. The molecule has 0 aliphatic carbocycles. The molecule has 0 radical (unpaired) electrons. The summed E-state index contributed by atoms with van der Waals surface area (Å²) < 4.78 is 19.8. The Labute approximate surface area is 166 Å². The number of amides is 2. The van der Waals surface area contributed by atoms with E-state index in [9.17, 15) is 14.0 Å². The zero-order valence-corrected chi connectivity index (χ0v) is 16.6. The molecule has 3 aromatic rings. The third kappa shape index (κ3) is 4.81. The lowest BCUT2D eigenvalue weighted by molar-refractivity contribution is -0.116. The van der Waals surface area contributed by atoms with Crippen LogP contribution in [0, 0.1) is 5.82 Å². The number of benzene rings is 2. The largest absolute Gasteiger partial charge is 0.497 e. The minimum atomic E-state index is -0.506. The molecule has 1 aromatic heterocycles. The fraction of sp³-hybridized carbons (Fsp3) is 0.167. The van der Waals surface area contributed by atoms with Crippen LogP contribution in [-0.4, -0.2) is 30.5 Å². The predicted molar refractivity (Wildman–Crippen MR) is 106 cm³/mol. The number of carbonyl (C=O) groups is 2. The van der Waals surface area contributed by atoms with E-state index in [1.54, 1.807) is 13.2 Å². The van der Waals surface area contributed by atoms with E-state index in [2.05, 4.69) is 31.5 Å². The van der Waals surface area contributed by atoms with Gasteiger partial charge in [0.25, 0.3) is 5.91 Å². The standard InChI is InChI=1S/C18H15BrFN3O3S/c1-26-11-3-5-14-15(9-11)27-18(22-14)23-16(24)6-7-21-17(25)12-8-10(20)2-4-13(12)19/h2-5,8-9H,6-7H2,1H3,(H,21,25)(H,22,23,24). The smallest absolute Gasteiger partial charge is 0.252 e. The highest BCUT2D eigenvalue weighted by Gasteiger charge is 2.12. The Morgan fingerprint density at radius 3 is 2.85 bits per heavy atom. The van der Waals surface area contributed by atoms with Gasteiger partial charge in [-0.15, -0.1) is 0 Å². The van der Waals surface area contributed by atoms with E-state index in [1.807, 2.05) is 12.1 Å². The molecule has 2 amide bonds. The van der Waals surface area contributed by atoms with Crippen LogP contribution >= 0.6 is 27.3 Å². The summed E-state index contributed by atoms with van der Waals surface area (Å²) in [6, 6.07) is 9.31. The number of fused-ring (bicyclic) bond motifs is 1. The summed E-state index contributed by atoms with van der Waals surface area (Å²) in [6.45, 7) is 0.117. The average Bonchev–Trinajstić information content (AvgIpc) is 3.04. The molecular weight excluding hydrogens is 437 g/mol. The van der Waals surface area contributed by atoms with Gasteiger partial charge in [0, 0.05) is 17.4 Å². The third-order valence-electron chi connectivity index (χ3n) is 3.65. The van der Waals surface area contributed by atoms with E-state index >= 15 is 0 Å². The van der Waals surface area contributed by atoms with Crippen molar-refractivity contribution in [2.75, 3.05) is 19.0 Å². The van der Waals surface area contributed by atoms with E-state index in [4.69, 9.17) is 4.74 Å². The molecule has 1 heterocycles. The van der Waals surface area contributed by atoms with Gasteiger partial charge in [0.15, 0.2) is 5.13 Å². The molecule has 0 aliphatic rings. The van der Waals surface area contributed by atoms with Crippen LogP contribution in [0.4, 0.5) is 9.52 Å². The van der Waals surface area contributed by atoms with Gasteiger partial charge in [-0.2, -0.15) is 0 Å². The Morgan fingerprint density at radius 1 is 1.26 bits per heavy atom. The molecule has 9 heteroatoms. The monoisotopic (exact) mass is 451 g/mol. The summed E-state index contributed by atoms with van der Waals surface area (Å²) in [7, 11) is 1.58. The Hall–Kier alpha value is -2.52. The molecule has 0 aliphatic heterocycles. The second-order valence-electron chi connectivity index (χ2n) is 5.53. The van der Waals surface area contributed by atoms with Gasteiger partial charge in [0.1, 0.15) is 11.6 Å². The van der Waals surface area contributed by atoms with E-state index in [1.165, 1.54) is 23.5 Å². The summed E-state index contributed by atoms with van der Waals surface area (Å²) >= 11 is 4.54. The van der Waals surface area contributed by atoms with Crippen molar-refractivity contribution in [2.24, 2.45) is 0 Å². The number of thiazole rings is 1. The average molecular weight is 452 g/mol. The van der Waals surface area contributed by atoms with Crippen molar-refractivity contribution < 1.29 is 18.7 Å². The quantitative estimate of drug-likeness (QED) is 0.594. The van der Waals surface area contributed by atoms with Crippen LogP contribution in [0.15, 0.2) is 40.9 Å². The lowest BCUT2D eigenvalue weighted by Gasteiger charge is -2.07. The topological polar surface area (TPSA) is 80.3 Å². The van der Waals surface area contributed by atoms with Gasteiger partial charge >= 0.3 is 0 Å². The molecule has 0 atom stereocenters. The van der Waals surface area contributed by atoms with Crippen LogP contribution in [0.25, 0.3) is 10.2 Å². The summed E-state index contributed by atoms with van der Waals surface area (Å²) in [5.41, 5.74) is 0.941. The molecule has 3 rings (SSSR count). The van der Waals surface area contributed by atoms with Crippen molar-refractivity contribution in [1.82, 2.24) is 10.3 Å². The minimum absolute atomic E-state index is 0.0674. The number of carbonyl (C=O) groups excluding carboxylic acids is 2. The van der Waals surface area contributed by atoms with Gasteiger partial charge in [-0.1, -0.05) is 11.3 Å². The molecule has 27 heavy (non-hydrogen) atoms. The SMILES string of the molecule is COc1ccc2nc(NC(=O)CCNC(=O)c3cc(F)ccc3Br)sc2c1. The van der Waals surface area contributed by atoms with Gasteiger partial charge in [0.2, 0.25) is 5.91 Å². The molecule has 0 unspecified atom stereocenters. The number of nitrogens with zero attached hydrogens (tertiary/aromatic N) is 1. The predicted octanol–water partition coefficient (Wildman–Crippen LogP) is 3.97. The first-order chi connectivity index (χ1) is 13.0. The van der Waals surface area contributed by atoms with E-state index in [-0.39, 0.29) is 24.4 Å². The van der Waals surface area contributed by atoms with Crippen LogP contribution < -0.4 is 15.4 Å². The Morgan fingerprint density at radius 2 is 2.07 bits per heavy atom. The number of hydrogen-bond acceptors (Lipinski definition) is 5. The molecule has 2 N–H and O–H groups in total. The van der Waals surface area contributed by atoms with Crippen molar-refractivity contribution in [2.45, 2.75) is 6.42 Å². The number of nitrogens with one attached hydrogen (secondary N) is 2. The second-order valence-corrected chi connectivity index (χ2v) is 7.42. The fourth-order valence-corrected chi connectivity index (χ4v) is 3.66. The summed E-state index contributed by atoms with van der Waals surface area (Å²) in [5.74, 6) is -0.523. The van der Waals surface area contributed by atoms with Crippen LogP contribution in [0.3, 0.4) is 0 Å². The molecule has 6 nitrogen and oxygen atoms in total. The van der Waals surface area contributed by atoms with Crippen LogP contribution in [0.1, 0.15) is 16.8 Å². The molecule has 0 saturated heterocycles. The normalized spacial score (nSPS) is 10.6. The van der Waals surface area contributed by atoms with Gasteiger partial charge in [-0.25, -0.2) is 9.37 Å². The zero-order chi connectivity index (χ0) is 19.4. The fourth-order valence-electron chi connectivity index (χ4n) is 2.32. The van der Waals surface area contributed by atoms with Crippen molar-refractivity contribution in [1.29, 1.82) is 0 Å². The molecule has 0 saturated carbocycles.